The summed E-state index contributed by atoms with van der Waals surface area (Å²) < 4.78 is 1.53. The van der Waals surface area contributed by atoms with E-state index in [-0.39, 0.29) is 16.7 Å². The van der Waals surface area contributed by atoms with E-state index in [2.05, 4.69) is 15.3 Å². The zero-order valence-corrected chi connectivity index (χ0v) is 10.3. The number of carbonyl (C=O) groups excluding carboxylic acids is 1. The Bertz CT molecular complexity index is 549. The molecule has 0 saturated heterocycles. The maximum atomic E-state index is 11.0. The molecule has 0 amide bonds. The molecule has 1 N–H and O–H groups in total. The van der Waals surface area contributed by atoms with Crippen LogP contribution in [0.1, 0.15) is 10.9 Å². The van der Waals surface area contributed by atoms with Crippen LogP contribution >= 0.6 is 11.8 Å². The van der Waals surface area contributed by atoms with Crippen molar-refractivity contribution in [3.8, 4) is 0 Å². The van der Waals surface area contributed by atoms with Crippen LogP contribution in [0.25, 0.3) is 0 Å². The van der Waals surface area contributed by atoms with Crippen LogP contribution < -0.4 is 0 Å². The monoisotopic (exact) mass is 266 g/mol. The number of thioether (sulfide) groups is 1. The van der Waals surface area contributed by atoms with Gasteiger partial charge < -0.3 is 5.11 Å². The van der Waals surface area contributed by atoms with Crippen molar-refractivity contribution in [1.82, 2.24) is 15.0 Å². The van der Waals surface area contributed by atoms with E-state index in [1.807, 2.05) is 0 Å². The number of carbonyl (C=O) groups is 2. The van der Waals surface area contributed by atoms with Gasteiger partial charge in [0.2, 0.25) is 0 Å². The van der Waals surface area contributed by atoms with E-state index in [1.165, 1.54) is 22.6 Å². The number of carboxylic acids is 1. The van der Waals surface area contributed by atoms with Gasteiger partial charge in [0, 0.05) is 30.8 Å². The van der Waals surface area contributed by atoms with Crippen LogP contribution in [0.5, 0.6) is 0 Å². The summed E-state index contributed by atoms with van der Waals surface area (Å²) in [7, 11) is 1.72. The number of aldehydes is 1. The maximum absolute atomic E-state index is 11.0. The fourth-order valence-corrected chi connectivity index (χ4v) is 2.58. The first-order valence-electron chi connectivity index (χ1n) is 5.05. The topological polar surface area (TPSA) is 97.4 Å². The van der Waals surface area contributed by atoms with Crippen LogP contribution in [-0.4, -0.2) is 43.8 Å². The van der Waals surface area contributed by atoms with Crippen molar-refractivity contribution < 1.29 is 14.7 Å². The van der Waals surface area contributed by atoms with Gasteiger partial charge in [0.15, 0.2) is 0 Å². The standard InChI is InChI=1S/C10H10N4O3S/c1-14-3-7(12-13-14)9-6(4-15)2-11-8(5-18-9)10(16)17/h2-4,9H,5H2,1H3,(H,16,17). The third-order valence-electron chi connectivity index (χ3n) is 2.33. The summed E-state index contributed by atoms with van der Waals surface area (Å²) in [6.45, 7) is 0. The van der Waals surface area contributed by atoms with Gasteiger partial charge >= 0.3 is 5.97 Å². The van der Waals surface area contributed by atoms with Crippen molar-refractivity contribution in [2.45, 2.75) is 5.25 Å². The zero-order valence-electron chi connectivity index (χ0n) is 9.48. The molecular formula is C10H10N4O3S. The van der Waals surface area contributed by atoms with E-state index in [9.17, 15) is 9.59 Å². The Morgan fingerprint density at radius 1 is 1.67 bits per heavy atom. The lowest BCUT2D eigenvalue weighted by Gasteiger charge is -2.10. The van der Waals surface area contributed by atoms with Crippen molar-refractivity contribution in [3.63, 3.8) is 0 Å². The average Bonchev–Trinajstić information content (AvgIpc) is 2.65. The summed E-state index contributed by atoms with van der Waals surface area (Å²) >= 11 is 1.29. The smallest absolute Gasteiger partial charge is 0.351 e. The van der Waals surface area contributed by atoms with E-state index in [0.29, 0.717) is 17.6 Å². The molecule has 7 nitrogen and oxygen atoms in total. The van der Waals surface area contributed by atoms with Gasteiger partial charge in [0.05, 0.1) is 5.25 Å². The second-order valence-electron chi connectivity index (χ2n) is 3.64. The summed E-state index contributed by atoms with van der Waals surface area (Å²) in [4.78, 5) is 25.7. The number of hydrogen-bond acceptors (Lipinski definition) is 6. The first-order chi connectivity index (χ1) is 8.61. The highest BCUT2D eigenvalue weighted by Gasteiger charge is 2.24. The van der Waals surface area contributed by atoms with Crippen molar-refractivity contribution in [2.75, 3.05) is 5.75 Å². The Labute approximate surface area is 107 Å². The normalized spacial score (nSPS) is 19.7. The fraction of sp³-hybridized carbons (Fsp3) is 0.300. The molecule has 1 atom stereocenters. The summed E-state index contributed by atoms with van der Waals surface area (Å²) in [5.74, 6) is -0.867. The highest BCUT2D eigenvalue weighted by Crippen LogP contribution is 2.35. The third kappa shape index (κ3) is 2.48. The average molecular weight is 266 g/mol. The predicted molar refractivity (Wildman–Crippen MR) is 65.4 cm³/mol. The van der Waals surface area contributed by atoms with Crippen LogP contribution in [0.3, 0.4) is 0 Å². The van der Waals surface area contributed by atoms with Crippen LogP contribution in [0.15, 0.2) is 23.0 Å². The lowest BCUT2D eigenvalue weighted by molar-refractivity contribution is -0.129. The van der Waals surface area contributed by atoms with Gasteiger partial charge in [-0.15, -0.1) is 16.9 Å². The Hall–Kier alpha value is -1.96. The molecule has 0 spiro atoms. The Morgan fingerprint density at radius 2 is 2.44 bits per heavy atom. The second-order valence-corrected chi connectivity index (χ2v) is 4.73. The molecule has 0 bridgehead atoms. The Balaban J connectivity index is 2.30. The number of aliphatic imine (C=N–C) groups is 1. The van der Waals surface area contributed by atoms with Crippen molar-refractivity contribution in [2.24, 2.45) is 12.0 Å². The van der Waals surface area contributed by atoms with Crippen molar-refractivity contribution in [3.05, 3.63) is 23.7 Å². The molecule has 0 radical (unpaired) electrons. The van der Waals surface area contributed by atoms with Gasteiger partial charge in [-0.25, -0.2) is 4.79 Å². The molecule has 1 aliphatic rings. The molecule has 0 aliphatic carbocycles. The van der Waals surface area contributed by atoms with Crippen LogP contribution in [0.2, 0.25) is 0 Å². The molecule has 8 heteroatoms. The van der Waals surface area contributed by atoms with Crippen molar-refractivity contribution in [1.29, 1.82) is 0 Å². The van der Waals surface area contributed by atoms with Crippen LogP contribution in [0, 0.1) is 0 Å². The van der Waals surface area contributed by atoms with Gasteiger partial charge in [0.1, 0.15) is 17.7 Å². The minimum atomic E-state index is -1.08. The predicted octanol–water partition coefficient (Wildman–Crippen LogP) is 0.211. The number of aromatic nitrogens is 3. The van der Waals surface area contributed by atoms with Crippen LogP contribution in [0.4, 0.5) is 0 Å². The highest BCUT2D eigenvalue weighted by atomic mass is 32.2. The molecule has 2 heterocycles. The first-order valence-corrected chi connectivity index (χ1v) is 6.09. The van der Waals surface area contributed by atoms with E-state index in [0.717, 1.165) is 0 Å². The largest absolute Gasteiger partial charge is 0.477 e. The molecule has 18 heavy (non-hydrogen) atoms. The molecule has 2 rings (SSSR count). The van der Waals surface area contributed by atoms with E-state index < -0.39 is 5.97 Å². The first kappa shape index (κ1) is 12.5. The molecule has 1 aromatic rings. The minimum absolute atomic E-state index is 0.0192. The van der Waals surface area contributed by atoms with Gasteiger partial charge in [-0.05, 0) is 0 Å². The number of carboxylic acid groups (broad SMARTS) is 1. The van der Waals surface area contributed by atoms with E-state index in [4.69, 9.17) is 5.11 Å². The quantitative estimate of drug-likeness (QED) is 0.785. The molecule has 0 aromatic carbocycles. The molecule has 0 saturated carbocycles. The minimum Gasteiger partial charge on any atom is -0.477 e. The Kier molecular flexibility index (Phi) is 3.56. The van der Waals surface area contributed by atoms with Crippen LogP contribution in [-0.2, 0) is 16.6 Å². The summed E-state index contributed by atoms with van der Waals surface area (Å²) in [6, 6.07) is 0. The van der Waals surface area contributed by atoms with E-state index in [1.54, 1.807) is 13.2 Å². The van der Waals surface area contributed by atoms with Gasteiger partial charge in [-0.1, -0.05) is 5.21 Å². The number of nitrogens with zero attached hydrogens (tertiary/aromatic N) is 4. The molecular weight excluding hydrogens is 256 g/mol. The Morgan fingerprint density at radius 3 is 3.00 bits per heavy atom. The fourth-order valence-electron chi connectivity index (χ4n) is 1.47. The summed E-state index contributed by atoms with van der Waals surface area (Å²) in [5.41, 5.74) is 1.02. The lowest BCUT2D eigenvalue weighted by Crippen LogP contribution is -2.15. The van der Waals surface area contributed by atoms with E-state index >= 15 is 0 Å². The van der Waals surface area contributed by atoms with Gasteiger partial charge in [-0.3, -0.25) is 14.5 Å². The number of hydrogen-bond donors (Lipinski definition) is 1. The molecule has 94 valence electrons. The second kappa shape index (κ2) is 5.13. The van der Waals surface area contributed by atoms with Crippen molar-refractivity contribution >= 4 is 29.7 Å². The highest BCUT2D eigenvalue weighted by molar-refractivity contribution is 8.00. The molecule has 0 fully saturated rings. The number of aryl methyl sites for hydroxylation is 1. The molecule has 1 aliphatic heterocycles. The van der Waals surface area contributed by atoms with Gasteiger partial charge in [-0.2, -0.15) is 0 Å². The SMILES string of the molecule is Cn1cc(C2SCC(C(=O)O)=NC=C2C=O)nn1. The summed E-state index contributed by atoms with van der Waals surface area (Å²) in [6.07, 6.45) is 3.65. The summed E-state index contributed by atoms with van der Waals surface area (Å²) in [5, 5.41) is 16.3. The third-order valence-corrected chi connectivity index (χ3v) is 3.62. The zero-order chi connectivity index (χ0) is 13.1. The lowest BCUT2D eigenvalue weighted by atomic mass is 10.2. The van der Waals surface area contributed by atoms with Gasteiger partial charge in [0.25, 0.3) is 0 Å². The number of rotatable bonds is 3. The molecule has 1 unspecified atom stereocenters. The number of aliphatic carboxylic acids is 1. The molecule has 1 aromatic heterocycles. The maximum Gasteiger partial charge on any atom is 0.351 e.